The van der Waals surface area contributed by atoms with Crippen molar-refractivity contribution in [2.75, 3.05) is 24.8 Å². The highest BCUT2D eigenvalue weighted by Gasteiger charge is 2.26. The van der Waals surface area contributed by atoms with Gasteiger partial charge >= 0.3 is 0 Å². The number of nitrogens with one attached hydrogen (secondary N) is 1. The van der Waals surface area contributed by atoms with E-state index in [-0.39, 0.29) is 24.0 Å². The van der Waals surface area contributed by atoms with Crippen LogP contribution in [0.15, 0.2) is 24.3 Å². The van der Waals surface area contributed by atoms with Crippen LogP contribution >= 0.6 is 11.8 Å². The van der Waals surface area contributed by atoms with Crippen molar-refractivity contribution in [2.24, 2.45) is 0 Å². The predicted molar refractivity (Wildman–Crippen MR) is 92.3 cm³/mol. The lowest BCUT2D eigenvalue weighted by atomic mass is 10.1. The van der Waals surface area contributed by atoms with Crippen molar-refractivity contribution in [3.63, 3.8) is 0 Å². The van der Waals surface area contributed by atoms with Crippen molar-refractivity contribution in [1.82, 2.24) is 9.62 Å². The molecule has 5 nitrogen and oxygen atoms in total. The number of benzene rings is 1. The maximum atomic E-state index is 13.7. The van der Waals surface area contributed by atoms with Gasteiger partial charge in [0.25, 0.3) is 0 Å². The van der Waals surface area contributed by atoms with Crippen LogP contribution in [0.2, 0.25) is 0 Å². The van der Waals surface area contributed by atoms with Crippen molar-refractivity contribution in [3.05, 3.63) is 35.6 Å². The normalized spacial score (nSPS) is 12.9. The number of hydrogen-bond donors (Lipinski definition) is 1. The zero-order valence-electron chi connectivity index (χ0n) is 13.6. The molecule has 1 atom stereocenters. The SMILES string of the molecule is CCS(=O)(=O)NC(CCSC)C(=O)N(C)Cc1ccccc1F. The van der Waals surface area contributed by atoms with E-state index in [2.05, 4.69) is 4.72 Å². The smallest absolute Gasteiger partial charge is 0.240 e. The van der Waals surface area contributed by atoms with Gasteiger partial charge in [-0.3, -0.25) is 4.79 Å². The summed E-state index contributed by atoms with van der Waals surface area (Å²) in [5.41, 5.74) is 0.394. The first-order chi connectivity index (χ1) is 10.8. The highest BCUT2D eigenvalue weighted by atomic mass is 32.2. The first-order valence-corrected chi connectivity index (χ1v) is 10.3. The van der Waals surface area contributed by atoms with Crippen molar-refractivity contribution in [3.8, 4) is 0 Å². The van der Waals surface area contributed by atoms with Crippen LogP contribution in [0.3, 0.4) is 0 Å². The molecule has 1 rings (SSSR count). The molecule has 0 aliphatic rings. The molecular weight excluding hydrogens is 339 g/mol. The summed E-state index contributed by atoms with van der Waals surface area (Å²) in [5.74, 6) is -0.190. The fourth-order valence-electron chi connectivity index (χ4n) is 1.99. The molecule has 1 N–H and O–H groups in total. The second-order valence-electron chi connectivity index (χ2n) is 5.14. The highest BCUT2D eigenvalue weighted by molar-refractivity contribution is 7.98. The highest BCUT2D eigenvalue weighted by Crippen LogP contribution is 2.12. The van der Waals surface area contributed by atoms with E-state index >= 15 is 0 Å². The first kappa shape index (κ1) is 19.9. The van der Waals surface area contributed by atoms with Crippen molar-refractivity contribution in [1.29, 1.82) is 0 Å². The van der Waals surface area contributed by atoms with E-state index < -0.39 is 16.1 Å². The summed E-state index contributed by atoms with van der Waals surface area (Å²) in [4.78, 5) is 13.9. The van der Waals surface area contributed by atoms with Gasteiger partial charge in [0.1, 0.15) is 11.9 Å². The van der Waals surface area contributed by atoms with Crippen LogP contribution in [0, 0.1) is 5.82 Å². The van der Waals surface area contributed by atoms with Crippen molar-refractivity contribution >= 4 is 27.7 Å². The first-order valence-electron chi connectivity index (χ1n) is 7.28. The summed E-state index contributed by atoms with van der Waals surface area (Å²) in [6.45, 7) is 1.61. The fraction of sp³-hybridized carbons (Fsp3) is 0.533. The molecule has 0 fully saturated rings. The maximum Gasteiger partial charge on any atom is 0.240 e. The summed E-state index contributed by atoms with van der Waals surface area (Å²) in [6, 6.07) is 5.38. The van der Waals surface area contributed by atoms with E-state index in [1.165, 1.54) is 29.7 Å². The Labute approximate surface area is 141 Å². The average Bonchev–Trinajstić information content (AvgIpc) is 2.52. The Balaban J connectivity index is 2.84. The standard InChI is InChI=1S/C15H23FN2O3S2/c1-4-23(20,21)17-14(9-10-22-3)15(19)18(2)11-12-7-5-6-8-13(12)16/h5-8,14,17H,4,9-11H2,1-3H3. The summed E-state index contributed by atoms with van der Waals surface area (Å²) in [6.07, 6.45) is 2.28. The van der Waals surface area contributed by atoms with E-state index in [1.807, 2.05) is 6.26 Å². The van der Waals surface area contributed by atoms with Crippen LogP contribution in [0.4, 0.5) is 4.39 Å². The summed E-state index contributed by atoms with van der Waals surface area (Å²) in [5, 5.41) is 0. The van der Waals surface area contributed by atoms with Crippen LogP contribution < -0.4 is 4.72 Å². The second-order valence-corrected chi connectivity index (χ2v) is 8.17. The Bertz CT molecular complexity index is 623. The van der Waals surface area contributed by atoms with Gasteiger partial charge in [-0.15, -0.1) is 0 Å². The third-order valence-corrected chi connectivity index (χ3v) is 5.40. The van der Waals surface area contributed by atoms with Crippen LogP contribution in [-0.4, -0.2) is 50.1 Å². The molecule has 0 radical (unpaired) electrons. The molecular formula is C15H23FN2O3S2. The fourth-order valence-corrected chi connectivity index (χ4v) is 3.28. The molecule has 1 aromatic rings. The largest absolute Gasteiger partial charge is 0.340 e. The van der Waals surface area contributed by atoms with Crippen molar-refractivity contribution < 1.29 is 17.6 Å². The predicted octanol–water partition coefficient (Wildman–Crippen LogP) is 1.85. The summed E-state index contributed by atoms with van der Waals surface area (Å²) in [7, 11) is -1.95. The van der Waals surface area contributed by atoms with Gasteiger partial charge < -0.3 is 4.90 Å². The van der Waals surface area contributed by atoms with Gasteiger partial charge in [0.2, 0.25) is 15.9 Å². The molecule has 1 aromatic carbocycles. The number of carbonyl (C=O) groups excluding carboxylic acids is 1. The quantitative estimate of drug-likeness (QED) is 0.728. The monoisotopic (exact) mass is 362 g/mol. The van der Waals surface area contributed by atoms with Gasteiger partial charge in [0, 0.05) is 19.2 Å². The molecule has 0 saturated heterocycles. The van der Waals surface area contributed by atoms with E-state index in [0.29, 0.717) is 17.7 Å². The van der Waals surface area contributed by atoms with Gasteiger partial charge in [-0.25, -0.2) is 17.5 Å². The number of carbonyl (C=O) groups is 1. The van der Waals surface area contributed by atoms with E-state index in [9.17, 15) is 17.6 Å². The molecule has 8 heteroatoms. The lowest BCUT2D eigenvalue weighted by Gasteiger charge is -2.24. The van der Waals surface area contributed by atoms with Crippen LogP contribution in [0.5, 0.6) is 0 Å². The van der Waals surface area contributed by atoms with E-state index in [1.54, 1.807) is 25.2 Å². The maximum absolute atomic E-state index is 13.7. The van der Waals surface area contributed by atoms with Gasteiger partial charge in [-0.2, -0.15) is 11.8 Å². The zero-order valence-corrected chi connectivity index (χ0v) is 15.2. The lowest BCUT2D eigenvalue weighted by molar-refractivity contribution is -0.132. The van der Waals surface area contributed by atoms with Gasteiger partial charge in [-0.1, -0.05) is 18.2 Å². The number of halogens is 1. The molecule has 130 valence electrons. The minimum Gasteiger partial charge on any atom is -0.340 e. The molecule has 23 heavy (non-hydrogen) atoms. The lowest BCUT2D eigenvalue weighted by Crippen LogP contribution is -2.47. The molecule has 0 aliphatic heterocycles. The number of thioether (sulfide) groups is 1. The number of nitrogens with zero attached hydrogens (tertiary/aromatic N) is 1. The number of sulfonamides is 1. The topological polar surface area (TPSA) is 66.5 Å². The number of amides is 1. The number of rotatable bonds is 9. The Morgan fingerprint density at radius 1 is 1.39 bits per heavy atom. The van der Waals surface area contributed by atoms with Crippen LogP contribution in [0.1, 0.15) is 18.9 Å². The molecule has 1 unspecified atom stereocenters. The molecule has 0 aromatic heterocycles. The summed E-state index contributed by atoms with van der Waals surface area (Å²) < 4.78 is 39.7. The average molecular weight is 362 g/mol. The van der Waals surface area contributed by atoms with Gasteiger partial charge in [-0.05, 0) is 31.4 Å². The molecule has 1 amide bonds. The molecule has 0 bridgehead atoms. The van der Waals surface area contributed by atoms with Gasteiger partial charge in [0.05, 0.1) is 5.75 Å². The third-order valence-electron chi connectivity index (χ3n) is 3.35. The van der Waals surface area contributed by atoms with Crippen LogP contribution in [-0.2, 0) is 21.4 Å². The number of likely N-dealkylation sites (N-methyl/N-ethyl adjacent to an activating group) is 1. The van der Waals surface area contributed by atoms with Gasteiger partial charge in [0.15, 0.2) is 0 Å². The zero-order chi connectivity index (χ0) is 17.5. The van der Waals surface area contributed by atoms with E-state index in [0.717, 1.165) is 0 Å². The molecule has 0 saturated carbocycles. The van der Waals surface area contributed by atoms with Crippen molar-refractivity contribution in [2.45, 2.75) is 25.9 Å². The van der Waals surface area contributed by atoms with Crippen LogP contribution in [0.25, 0.3) is 0 Å². The Morgan fingerprint density at radius 3 is 2.61 bits per heavy atom. The third kappa shape index (κ3) is 6.48. The Hall–Kier alpha value is -1.12. The molecule has 0 spiro atoms. The molecule has 0 heterocycles. The Morgan fingerprint density at radius 2 is 2.04 bits per heavy atom. The summed E-state index contributed by atoms with van der Waals surface area (Å²) >= 11 is 1.53. The Kier molecular flexibility index (Phi) is 8.01. The number of hydrogen-bond acceptors (Lipinski definition) is 4. The second kappa shape index (κ2) is 9.24. The molecule has 0 aliphatic carbocycles. The minimum absolute atomic E-state index is 0.0902. The van der Waals surface area contributed by atoms with E-state index in [4.69, 9.17) is 0 Å². The minimum atomic E-state index is -3.49.